The molecule has 10 aromatic rings. The average Bonchev–Trinajstić information content (AvgIpc) is 3.75. The molecule has 0 bridgehead atoms. The molecule has 0 spiro atoms. The Balaban J connectivity index is 1.02. The van der Waals surface area contributed by atoms with E-state index in [1.54, 1.807) is 0 Å². The van der Waals surface area contributed by atoms with E-state index in [1.165, 1.54) is 55.3 Å². The van der Waals surface area contributed by atoms with E-state index < -0.39 is 0 Å². The number of rotatable bonds is 6. The maximum Gasteiger partial charge on any atom is 0.136 e. The molecular weight excluding hydrogens is 691 g/mol. The lowest BCUT2D eigenvalue weighted by molar-refractivity contribution is 0.660. The lowest BCUT2D eigenvalue weighted by Crippen LogP contribution is -2.16. The van der Waals surface area contributed by atoms with Gasteiger partial charge < -0.3 is 9.32 Å². The first-order valence-electron chi connectivity index (χ1n) is 19.8. The zero-order valence-electron chi connectivity index (χ0n) is 31.9. The molecule has 1 aromatic heterocycles. The first-order chi connectivity index (χ1) is 28.0. The lowest BCUT2D eigenvalue weighted by Gasteiger charge is -2.28. The molecule has 270 valence electrons. The van der Waals surface area contributed by atoms with Crippen molar-refractivity contribution >= 4 is 49.8 Å². The van der Waals surface area contributed by atoms with Crippen LogP contribution in [0, 0.1) is 0 Å². The molecule has 0 amide bonds. The Hall–Kier alpha value is -7.16. The monoisotopic (exact) mass is 729 g/mol. The second-order valence-corrected chi connectivity index (χ2v) is 15.7. The summed E-state index contributed by atoms with van der Waals surface area (Å²) in [6.45, 7) is 4.70. The maximum absolute atomic E-state index is 6.56. The smallest absolute Gasteiger partial charge is 0.136 e. The van der Waals surface area contributed by atoms with E-state index in [9.17, 15) is 0 Å². The van der Waals surface area contributed by atoms with Crippen molar-refractivity contribution in [1.82, 2.24) is 0 Å². The van der Waals surface area contributed by atoms with Crippen LogP contribution in [0.5, 0.6) is 0 Å². The number of benzene rings is 9. The van der Waals surface area contributed by atoms with Gasteiger partial charge in [0.1, 0.15) is 11.2 Å². The molecule has 9 aromatic carbocycles. The van der Waals surface area contributed by atoms with Crippen molar-refractivity contribution in [2.45, 2.75) is 19.3 Å². The largest absolute Gasteiger partial charge is 0.456 e. The number of hydrogen-bond acceptors (Lipinski definition) is 2. The van der Waals surface area contributed by atoms with Gasteiger partial charge in [0.25, 0.3) is 0 Å². The van der Waals surface area contributed by atoms with Crippen molar-refractivity contribution in [3.8, 4) is 44.5 Å². The summed E-state index contributed by atoms with van der Waals surface area (Å²) in [6, 6.07) is 72.5. The van der Waals surface area contributed by atoms with Crippen LogP contribution in [0.3, 0.4) is 0 Å². The van der Waals surface area contributed by atoms with E-state index in [0.29, 0.717) is 0 Å². The minimum Gasteiger partial charge on any atom is -0.456 e. The number of hydrogen-bond donors (Lipinski definition) is 0. The summed E-state index contributed by atoms with van der Waals surface area (Å²) in [6.07, 6.45) is 0. The van der Waals surface area contributed by atoms with E-state index in [2.05, 4.69) is 219 Å². The molecule has 0 saturated carbocycles. The normalized spacial score (nSPS) is 12.9. The zero-order valence-corrected chi connectivity index (χ0v) is 31.9. The highest BCUT2D eigenvalue weighted by Gasteiger charge is 2.35. The summed E-state index contributed by atoms with van der Waals surface area (Å²) in [5.74, 6) is 0. The molecule has 0 N–H and O–H groups in total. The van der Waals surface area contributed by atoms with Crippen LogP contribution in [0.15, 0.2) is 205 Å². The molecule has 0 atom stereocenters. The second-order valence-electron chi connectivity index (χ2n) is 15.7. The third kappa shape index (κ3) is 5.40. The first kappa shape index (κ1) is 33.2. The number of nitrogens with zero attached hydrogens (tertiary/aromatic N) is 1. The Morgan fingerprint density at radius 2 is 0.947 bits per heavy atom. The summed E-state index contributed by atoms with van der Waals surface area (Å²) in [5, 5.41) is 4.71. The average molecular weight is 730 g/mol. The fourth-order valence-corrected chi connectivity index (χ4v) is 9.21. The molecule has 1 heterocycles. The Morgan fingerprint density at radius 1 is 0.351 bits per heavy atom. The van der Waals surface area contributed by atoms with Crippen LogP contribution >= 0.6 is 0 Å². The van der Waals surface area contributed by atoms with Crippen LogP contribution in [0.1, 0.15) is 25.0 Å². The predicted octanol–water partition coefficient (Wildman–Crippen LogP) is 15.5. The molecule has 0 saturated heterocycles. The van der Waals surface area contributed by atoms with Gasteiger partial charge in [-0.1, -0.05) is 159 Å². The van der Waals surface area contributed by atoms with Crippen LogP contribution in [0.25, 0.3) is 77.2 Å². The van der Waals surface area contributed by atoms with Crippen molar-refractivity contribution in [2.75, 3.05) is 4.90 Å². The molecule has 0 radical (unpaired) electrons. The highest BCUT2D eigenvalue weighted by atomic mass is 16.3. The van der Waals surface area contributed by atoms with Gasteiger partial charge >= 0.3 is 0 Å². The van der Waals surface area contributed by atoms with E-state index >= 15 is 0 Å². The highest BCUT2D eigenvalue weighted by Crippen LogP contribution is 2.51. The molecule has 57 heavy (non-hydrogen) atoms. The second kappa shape index (κ2) is 13.0. The van der Waals surface area contributed by atoms with Crippen LogP contribution < -0.4 is 4.90 Å². The summed E-state index contributed by atoms with van der Waals surface area (Å²) < 4.78 is 6.56. The molecular formula is C55H39NO. The summed E-state index contributed by atoms with van der Waals surface area (Å²) >= 11 is 0. The van der Waals surface area contributed by atoms with Gasteiger partial charge in [-0.05, 0) is 121 Å². The Labute approximate surface area is 332 Å². The highest BCUT2D eigenvalue weighted by molar-refractivity contribution is 6.22. The zero-order chi connectivity index (χ0) is 38.1. The van der Waals surface area contributed by atoms with Crippen molar-refractivity contribution in [3.05, 3.63) is 211 Å². The Morgan fingerprint density at radius 3 is 1.75 bits per heavy atom. The topological polar surface area (TPSA) is 16.4 Å². The first-order valence-corrected chi connectivity index (χ1v) is 19.8. The Bertz CT molecular complexity index is 3140. The molecule has 0 unspecified atom stereocenters. The van der Waals surface area contributed by atoms with Gasteiger partial charge in [-0.2, -0.15) is 0 Å². The molecule has 2 heteroatoms. The molecule has 1 aliphatic carbocycles. The van der Waals surface area contributed by atoms with E-state index in [4.69, 9.17) is 4.42 Å². The number of fused-ring (bicyclic) bond motifs is 8. The number of furan rings is 1. The van der Waals surface area contributed by atoms with Gasteiger partial charge in [0.05, 0.1) is 0 Å². The maximum atomic E-state index is 6.56. The molecule has 0 fully saturated rings. The van der Waals surface area contributed by atoms with Crippen LogP contribution in [0.2, 0.25) is 0 Å². The molecule has 2 nitrogen and oxygen atoms in total. The van der Waals surface area contributed by atoms with Crippen LogP contribution in [0.4, 0.5) is 17.1 Å². The molecule has 11 rings (SSSR count). The van der Waals surface area contributed by atoms with Gasteiger partial charge in [0.2, 0.25) is 0 Å². The van der Waals surface area contributed by atoms with Gasteiger partial charge in [-0.3, -0.25) is 0 Å². The van der Waals surface area contributed by atoms with Crippen molar-refractivity contribution in [3.63, 3.8) is 0 Å². The number of anilines is 3. The van der Waals surface area contributed by atoms with Crippen molar-refractivity contribution < 1.29 is 4.42 Å². The third-order valence-corrected chi connectivity index (χ3v) is 12.1. The van der Waals surface area contributed by atoms with E-state index in [1.807, 2.05) is 0 Å². The summed E-state index contributed by atoms with van der Waals surface area (Å²) in [4.78, 5) is 2.40. The summed E-state index contributed by atoms with van der Waals surface area (Å²) in [7, 11) is 0. The van der Waals surface area contributed by atoms with Gasteiger partial charge in [-0.25, -0.2) is 0 Å². The van der Waals surface area contributed by atoms with Crippen LogP contribution in [-0.2, 0) is 5.41 Å². The van der Waals surface area contributed by atoms with Crippen molar-refractivity contribution in [1.29, 1.82) is 0 Å². The van der Waals surface area contributed by atoms with Gasteiger partial charge in [0, 0.05) is 33.2 Å². The standard InChI is InChI=1S/C55H39NO/c1-55(2)50-23-12-11-21-45(50)46-30-29-43(34-51(46)55)56(42-19-13-18-39(32-42)36-14-5-3-6-15-36)41-27-24-37(25-28-41)40-26-31-52-49(33-40)54-47-22-10-9-20-44(47)48(35-53(54)57-52)38-16-7-4-8-17-38/h3-35H,1-2H3. The lowest BCUT2D eigenvalue weighted by atomic mass is 9.82. The predicted molar refractivity (Wildman–Crippen MR) is 240 cm³/mol. The summed E-state index contributed by atoms with van der Waals surface area (Å²) in [5.41, 5.74) is 17.5. The quantitative estimate of drug-likeness (QED) is 0.169. The minimum absolute atomic E-state index is 0.103. The fourth-order valence-electron chi connectivity index (χ4n) is 9.21. The SMILES string of the molecule is CC1(C)c2ccccc2-c2ccc(N(c3ccc(-c4ccc5oc6cc(-c7ccccc7)c7ccccc7c6c5c4)cc3)c3cccc(-c4ccccc4)c3)cc21. The van der Waals surface area contributed by atoms with Gasteiger partial charge in [0.15, 0.2) is 0 Å². The van der Waals surface area contributed by atoms with Gasteiger partial charge in [-0.15, -0.1) is 0 Å². The van der Waals surface area contributed by atoms with Crippen molar-refractivity contribution in [2.24, 2.45) is 0 Å². The van der Waals surface area contributed by atoms with Crippen LogP contribution in [-0.4, -0.2) is 0 Å². The fraction of sp³-hybridized carbons (Fsp3) is 0.0545. The van der Waals surface area contributed by atoms with E-state index in [0.717, 1.165) is 50.1 Å². The Kier molecular flexibility index (Phi) is 7.55. The minimum atomic E-state index is -0.103. The molecule has 0 aliphatic heterocycles. The third-order valence-electron chi connectivity index (χ3n) is 12.1. The van der Waals surface area contributed by atoms with E-state index in [-0.39, 0.29) is 5.41 Å². The molecule has 1 aliphatic rings.